The van der Waals surface area contributed by atoms with Gasteiger partial charge in [-0.3, -0.25) is 19.6 Å². The van der Waals surface area contributed by atoms with Gasteiger partial charge in [0.2, 0.25) is 11.9 Å². The summed E-state index contributed by atoms with van der Waals surface area (Å²) in [5.41, 5.74) is 12.1. The Morgan fingerprint density at radius 2 is 1.73 bits per heavy atom. The largest absolute Gasteiger partial charge is 0.368 e. The molecule has 5 rings (SSSR count). The average Bonchev–Trinajstić information content (AvgIpc) is 3.55. The summed E-state index contributed by atoms with van der Waals surface area (Å²) in [6, 6.07) is 10.3. The second kappa shape index (κ2) is 10.2. The van der Waals surface area contributed by atoms with Crippen molar-refractivity contribution < 1.29 is 14.0 Å². The van der Waals surface area contributed by atoms with Gasteiger partial charge in [-0.05, 0) is 48.7 Å². The van der Waals surface area contributed by atoms with Gasteiger partial charge in [0.15, 0.2) is 11.5 Å². The Kier molecular flexibility index (Phi) is 6.71. The van der Waals surface area contributed by atoms with Crippen LogP contribution in [0.15, 0.2) is 52.4 Å². The van der Waals surface area contributed by atoms with Crippen molar-refractivity contribution in [2.45, 2.75) is 44.3 Å². The van der Waals surface area contributed by atoms with Gasteiger partial charge in [0.25, 0.3) is 5.91 Å². The van der Waals surface area contributed by atoms with E-state index in [0.29, 0.717) is 17.2 Å². The van der Waals surface area contributed by atoms with E-state index in [0.717, 1.165) is 23.6 Å². The maximum atomic E-state index is 13.2. The van der Waals surface area contributed by atoms with Crippen LogP contribution < -0.4 is 32.8 Å². The Labute approximate surface area is 211 Å². The molecule has 1 fully saturated rings. The van der Waals surface area contributed by atoms with Gasteiger partial charge >= 0.3 is 0 Å². The number of carbonyl (C=O) groups is 2. The van der Waals surface area contributed by atoms with Crippen LogP contribution in [0.1, 0.15) is 41.7 Å². The van der Waals surface area contributed by atoms with Crippen molar-refractivity contribution in [2.75, 3.05) is 10.6 Å². The highest BCUT2D eigenvalue weighted by Gasteiger charge is 2.26. The first kappa shape index (κ1) is 24.2. The van der Waals surface area contributed by atoms with Gasteiger partial charge in [0.05, 0.1) is 10.7 Å². The summed E-state index contributed by atoms with van der Waals surface area (Å²) in [5.74, 6) is -1.40. The fourth-order valence-electron chi connectivity index (χ4n) is 4.61. The van der Waals surface area contributed by atoms with E-state index >= 15 is 0 Å². The molecular formula is C25H26FN9O2. The predicted octanol–water partition coefficient (Wildman–Crippen LogP) is 1.13. The zero-order chi connectivity index (χ0) is 25.9. The summed E-state index contributed by atoms with van der Waals surface area (Å²) in [4.78, 5) is 37.9. The van der Waals surface area contributed by atoms with Crippen LogP contribution >= 0.6 is 0 Å². The molecule has 11 nitrogen and oxygen atoms in total. The first-order valence-corrected chi connectivity index (χ1v) is 12.0. The summed E-state index contributed by atoms with van der Waals surface area (Å²) in [7, 11) is 0. The highest BCUT2D eigenvalue weighted by molar-refractivity contribution is 5.96. The molecule has 1 unspecified atom stereocenters. The number of amides is 2. The maximum absolute atomic E-state index is 13.2. The highest BCUT2D eigenvalue weighted by Crippen LogP contribution is 2.30. The molecule has 6 N–H and O–H groups in total. The van der Waals surface area contributed by atoms with Gasteiger partial charge in [0.1, 0.15) is 18.0 Å². The molecule has 1 saturated carbocycles. The SMILES string of the molecule is NC(=O)c1nnc(N[C@H](Cc2ccc(F)cc2)C(N)=O)nc1Nc1ccc2c(c1)=NC(C1CCCC1)N=2. The van der Waals surface area contributed by atoms with Crippen LogP contribution in [0.25, 0.3) is 0 Å². The molecule has 1 aliphatic heterocycles. The van der Waals surface area contributed by atoms with Crippen LogP contribution in [-0.4, -0.2) is 39.2 Å². The molecule has 190 valence electrons. The minimum Gasteiger partial charge on any atom is -0.368 e. The molecule has 0 radical (unpaired) electrons. The van der Waals surface area contributed by atoms with E-state index in [1.54, 1.807) is 18.2 Å². The lowest BCUT2D eigenvalue weighted by Crippen LogP contribution is -2.38. The van der Waals surface area contributed by atoms with E-state index in [1.807, 2.05) is 12.1 Å². The number of nitrogens with one attached hydrogen (secondary N) is 2. The number of nitrogens with two attached hydrogens (primary N) is 2. The number of carbonyl (C=O) groups excluding carboxylic acids is 2. The van der Waals surface area contributed by atoms with Crippen LogP contribution in [0.4, 0.5) is 21.8 Å². The summed E-state index contributed by atoms with van der Waals surface area (Å²) in [6.07, 6.45) is 4.80. The monoisotopic (exact) mass is 503 g/mol. The molecule has 1 aliphatic carbocycles. The van der Waals surface area contributed by atoms with E-state index in [2.05, 4.69) is 25.8 Å². The van der Waals surface area contributed by atoms with Crippen molar-refractivity contribution in [2.24, 2.45) is 27.4 Å². The lowest BCUT2D eigenvalue weighted by Gasteiger charge is -2.16. The minimum atomic E-state index is -0.910. The van der Waals surface area contributed by atoms with Crippen molar-refractivity contribution in [3.8, 4) is 0 Å². The van der Waals surface area contributed by atoms with Crippen molar-refractivity contribution in [1.29, 1.82) is 0 Å². The first-order valence-electron chi connectivity index (χ1n) is 12.0. The van der Waals surface area contributed by atoms with E-state index in [9.17, 15) is 14.0 Å². The van der Waals surface area contributed by atoms with Crippen molar-refractivity contribution in [3.05, 3.63) is 70.3 Å². The zero-order valence-corrected chi connectivity index (χ0v) is 19.9. The fourth-order valence-corrected chi connectivity index (χ4v) is 4.61. The number of nitrogens with zero attached hydrogens (tertiary/aromatic N) is 5. The number of hydrogen-bond acceptors (Lipinski definition) is 9. The number of fused-ring (bicyclic) bond motifs is 1. The third kappa shape index (κ3) is 5.52. The zero-order valence-electron chi connectivity index (χ0n) is 19.9. The predicted molar refractivity (Wildman–Crippen MR) is 133 cm³/mol. The van der Waals surface area contributed by atoms with Crippen LogP contribution in [0, 0.1) is 11.7 Å². The average molecular weight is 504 g/mol. The first-order chi connectivity index (χ1) is 17.9. The fraction of sp³-hybridized carbons (Fsp3) is 0.320. The van der Waals surface area contributed by atoms with Crippen molar-refractivity contribution in [1.82, 2.24) is 15.2 Å². The molecule has 0 saturated heterocycles. The number of halogens is 1. The summed E-state index contributed by atoms with van der Waals surface area (Å²) < 4.78 is 13.2. The molecule has 3 aromatic rings. The Balaban J connectivity index is 1.38. The molecule has 2 aromatic carbocycles. The van der Waals surface area contributed by atoms with Gasteiger partial charge in [-0.15, -0.1) is 10.2 Å². The molecule has 2 amide bonds. The van der Waals surface area contributed by atoms with Crippen LogP contribution in [0.5, 0.6) is 0 Å². The van der Waals surface area contributed by atoms with Crippen LogP contribution in [0.3, 0.4) is 0 Å². The molecule has 37 heavy (non-hydrogen) atoms. The lowest BCUT2D eigenvalue weighted by atomic mass is 10.1. The summed E-state index contributed by atoms with van der Waals surface area (Å²) >= 11 is 0. The van der Waals surface area contributed by atoms with Gasteiger partial charge in [-0.1, -0.05) is 25.0 Å². The molecule has 2 atom stereocenters. The third-order valence-corrected chi connectivity index (χ3v) is 6.52. The van der Waals surface area contributed by atoms with E-state index < -0.39 is 17.9 Å². The number of hydrogen-bond donors (Lipinski definition) is 4. The summed E-state index contributed by atoms with van der Waals surface area (Å²) in [5, 5.41) is 15.2. The molecular weight excluding hydrogens is 477 g/mol. The Hall–Kier alpha value is -4.48. The molecule has 1 aromatic heterocycles. The van der Waals surface area contributed by atoms with Gasteiger partial charge < -0.3 is 22.1 Å². The number of primary amides is 2. The normalized spacial score (nSPS) is 17.4. The van der Waals surface area contributed by atoms with Crippen molar-refractivity contribution >= 4 is 29.3 Å². The maximum Gasteiger partial charge on any atom is 0.273 e. The second-order valence-corrected chi connectivity index (χ2v) is 9.17. The third-order valence-electron chi connectivity index (χ3n) is 6.52. The minimum absolute atomic E-state index is 0.0412. The lowest BCUT2D eigenvalue weighted by molar-refractivity contribution is -0.118. The molecule has 2 heterocycles. The van der Waals surface area contributed by atoms with E-state index in [4.69, 9.17) is 21.5 Å². The Morgan fingerprint density at radius 3 is 2.43 bits per heavy atom. The van der Waals surface area contributed by atoms with Gasteiger partial charge in [-0.25, -0.2) is 4.39 Å². The highest BCUT2D eigenvalue weighted by atomic mass is 19.1. The number of benzene rings is 2. The van der Waals surface area contributed by atoms with Gasteiger partial charge in [0, 0.05) is 18.0 Å². The van der Waals surface area contributed by atoms with Crippen LogP contribution in [0.2, 0.25) is 0 Å². The van der Waals surface area contributed by atoms with Crippen molar-refractivity contribution in [3.63, 3.8) is 0 Å². The Morgan fingerprint density at radius 1 is 1.00 bits per heavy atom. The molecule has 0 bridgehead atoms. The van der Waals surface area contributed by atoms with Gasteiger partial charge in [-0.2, -0.15) is 4.98 Å². The van der Waals surface area contributed by atoms with Crippen LogP contribution in [-0.2, 0) is 11.2 Å². The Bertz CT molecular complexity index is 1460. The topological polar surface area (TPSA) is 174 Å². The van der Waals surface area contributed by atoms with E-state index in [1.165, 1.54) is 25.0 Å². The van der Waals surface area contributed by atoms with E-state index in [-0.39, 0.29) is 35.9 Å². The smallest absolute Gasteiger partial charge is 0.273 e. The molecule has 2 aliphatic rings. The molecule has 0 spiro atoms. The molecule has 12 heteroatoms. The second-order valence-electron chi connectivity index (χ2n) is 9.17. The number of aromatic nitrogens is 3. The standard InChI is InChI=1S/C25H26FN9O2/c26-15-7-5-13(6-8-15)11-19(21(27)36)32-25-33-24(20(22(28)37)34-35-25)29-16-9-10-17-18(12-16)31-23(30-17)14-3-1-2-4-14/h5-10,12,14,19,23H,1-4,11H2,(H2,27,36)(H2,28,37)(H2,29,32,33,35)/t19-,23?/m1/s1. The quantitative estimate of drug-likeness (QED) is 0.339. The summed E-state index contributed by atoms with van der Waals surface area (Å²) in [6.45, 7) is 0. The number of rotatable bonds is 9. The number of anilines is 3.